The van der Waals surface area contributed by atoms with E-state index in [1.807, 2.05) is 18.2 Å². The lowest BCUT2D eigenvalue weighted by atomic mass is 10.1. The molecular weight excluding hydrogens is 326 g/mol. The minimum Gasteiger partial charge on any atom is -0.493 e. The summed E-state index contributed by atoms with van der Waals surface area (Å²) in [4.78, 5) is 16.5. The number of benzene rings is 1. The predicted octanol–water partition coefficient (Wildman–Crippen LogP) is 2.71. The molecular formula is C17H21N3O3S. The second kappa shape index (κ2) is 7.53. The highest BCUT2D eigenvalue weighted by Gasteiger charge is 2.22. The van der Waals surface area contributed by atoms with Gasteiger partial charge in [0.15, 0.2) is 16.6 Å². The van der Waals surface area contributed by atoms with Crippen molar-refractivity contribution in [1.29, 1.82) is 0 Å². The summed E-state index contributed by atoms with van der Waals surface area (Å²) in [7, 11) is 3.22. The molecule has 1 aromatic carbocycles. The number of rotatable bonds is 8. The van der Waals surface area contributed by atoms with Gasteiger partial charge in [0.1, 0.15) is 5.69 Å². The predicted molar refractivity (Wildman–Crippen MR) is 94.3 cm³/mol. The van der Waals surface area contributed by atoms with Crippen LogP contribution in [0.15, 0.2) is 23.6 Å². The third-order valence-electron chi connectivity index (χ3n) is 3.79. The van der Waals surface area contributed by atoms with Crippen LogP contribution in [-0.4, -0.2) is 37.7 Å². The number of ether oxygens (including phenoxy) is 2. The SMILES string of the molecule is COc1ccc(CCNC(=O)c2csc(NC3CC3)n2)cc1OC. The molecule has 0 saturated heterocycles. The van der Waals surface area contributed by atoms with Crippen LogP contribution in [0.2, 0.25) is 0 Å². The summed E-state index contributed by atoms with van der Waals surface area (Å²) in [6.45, 7) is 0.539. The van der Waals surface area contributed by atoms with Crippen LogP contribution in [0.25, 0.3) is 0 Å². The lowest BCUT2D eigenvalue weighted by molar-refractivity contribution is 0.0950. The number of hydrogen-bond acceptors (Lipinski definition) is 6. The van der Waals surface area contributed by atoms with E-state index in [-0.39, 0.29) is 5.91 Å². The van der Waals surface area contributed by atoms with Crippen molar-refractivity contribution in [3.8, 4) is 11.5 Å². The Morgan fingerprint density at radius 1 is 1.29 bits per heavy atom. The first-order chi connectivity index (χ1) is 11.7. The lowest BCUT2D eigenvalue weighted by Crippen LogP contribution is -2.26. The number of thiazole rings is 1. The third kappa shape index (κ3) is 4.17. The van der Waals surface area contributed by atoms with Crippen molar-refractivity contribution in [1.82, 2.24) is 10.3 Å². The second-order valence-corrected chi connectivity index (χ2v) is 6.51. The molecule has 1 aliphatic carbocycles. The summed E-state index contributed by atoms with van der Waals surface area (Å²) in [5, 5.41) is 8.81. The highest BCUT2D eigenvalue weighted by atomic mass is 32.1. The number of hydrogen-bond donors (Lipinski definition) is 2. The van der Waals surface area contributed by atoms with Gasteiger partial charge in [-0.15, -0.1) is 11.3 Å². The van der Waals surface area contributed by atoms with Gasteiger partial charge in [0.05, 0.1) is 14.2 Å². The Hall–Kier alpha value is -2.28. The molecule has 1 fully saturated rings. The fourth-order valence-electron chi connectivity index (χ4n) is 2.29. The topological polar surface area (TPSA) is 72.5 Å². The van der Waals surface area contributed by atoms with Crippen LogP contribution in [0.3, 0.4) is 0 Å². The van der Waals surface area contributed by atoms with Crippen LogP contribution >= 0.6 is 11.3 Å². The first kappa shape index (κ1) is 16.6. The van der Waals surface area contributed by atoms with E-state index in [0.717, 1.165) is 10.7 Å². The molecule has 3 rings (SSSR count). The molecule has 1 aromatic heterocycles. The number of anilines is 1. The van der Waals surface area contributed by atoms with Gasteiger partial charge < -0.3 is 20.1 Å². The zero-order valence-corrected chi connectivity index (χ0v) is 14.6. The first-order valence-corrected chi connectivity index (χ1v) is 8.78. The lowest BCUT2D eigenvalue weighted by Gasteiger charge is -2.09. The van der Waals surface area contributed by atoms with E-state index in [2.05, 4.69) is 15.6 Å². The summed E-state index contributed by atoms with van der Waals surface area (Å²) >= 11 is 1.47. The Labute approximate surface area is 145 Å². The van der Waals surface area contributed by atoms with Gasteiger partial charge in [-0.05, 0) is 37.0 Å². The molecule has 1 amide bonds. The molecule has 0 radical (unpaired) electrons. The number of aromatic nitrogens is 1. The zero-order valence-electron chi connectivity index (χ0n) is 13.8. The van der Waals surface area contributed by atoms with Crippen LogP contribution in [0.4, 0.5) is 5.13 Å². The van der Waals surface area contributed by atoms with Gasteiger partial charge in [0.25, 0.3) is 5.91 Å². The maximum absolute atomic E-state index is 12.1. The first-order valence-electron chi connectivity index (χ1n) is 7.90. The van der Waals surface area contributed by atoms with Gasteiger partial charge in [-0.2, -0.15) is 0 Å². The summed E-state index contributed by atoms with van der Waals surface area (Å²) < 4.78 is 10.5. The van der Waals surface area contributed by atoms with Crippen molar-refractivity contribution in [2.75, 3.05) is 26.1 Å². The summed E-state index contributed by atoms with van der Waals surface area (Å²) in [6, 6.07) is 6.29. The van der Waals surface area contributed by atoms with E-state index in [9.17, 15) is 4.79 Å². The summed E-state index contributed by atoms with van der Waals surface area (Å²) in [6.07, 6.45) is 3.09. The zero-order chi connectivity index (χ0) is 16.9. The second-order valence-electron chi connectivity index (χ2n) is 5.65. The van der Waals surface area contributed by atoms with Crippen molar-refractivity contribution < 1.29 is 14.3 Å². The van der Waals surface area contributed by atoms with Crippen LogP contribution in [-0.2, 0) is 6.42 Å². The summed E-state index contributed by atoms with van der Waals surface area (Å²) in [5.41, 5.74) is 1.54. The molecule has 2 N–H and O–H groups in total. The Balaban J connectivity index is 1.50. The van der Waals surface area contributed by atoms with Crippen LogP contribution in [0, 0.1) is 0 Å². The molecule has 0 bridgehead atoms. The molecule has 0 atom stereocenters. The average Bonchev–Trinajstić information content (AvgIpc) is 3.29. The maximum Gasteiger partial charge on any atom is 0.270 e. The van der Waals surface area contributed by atoms with E-state index < -0.39 is 0 Å². The molecule has 0 spiro atoms. The smallest absolute Gasteiger partial charge is 0.270 e. The number of carbonyl (C=O) groups is 1. The molecule has 2 aromatic rings. The molecule has 1 heterocycles. The molecule has 0 aliphatic heterocycles. The quantitative estimate of drug-likeness (QED) is 0.768. The minimum absolute atomic E-state index is 0.143. The Morgan fingerprint density at radius 2 is 2.08 bits per heavy atom. The van der Waals surface area contributed by atoms with Crippen molar-refractivity contribution in [3.05, 3.63) is 34.8 Å². The largest absolute Gasteiger partial charge is 0.493 e. The maximum atomic E-state index is 12.1. The fraction of sp³-hybridized carbons (Fsp3) is 0.412. The molecule has 128 valence electrons. The minimum atomic E-state index is -0.143. The Morgan fingerprint density at radius 3 is 2.79 bits per heavy atom. The fourth-order valence-corrected chi connectivity index (χ4v) is 3.06. The molecule has 1 aliphatic rings. The highest BCUT2D eigenvalue weighted by Crippen LogP contribution is 2.28. The van der Waals surface area contributed by atoms with Crippen LogP contribution in [0.1, 0.15) is 28.9 Å². The van der Waals surface area contributed by atoms with Crippen molar-refractivity contribution in [2.45, 2.75) is 25.3 Å². The van der Waals surface area contributed by atoms with Crippen molar-refractivity contribution >= 4 is 22.4 Å². The Bertz CT molecular complexity index is 713. The number of nitrogens with zero attached hydrogens (tertiary/aromatic N) is 1. The molecule has 7 heteroatoms. The van der Waals surface area contributed by atoms with Crippen molar-refractivity contribution in [3.63, 3.8) is 0 Å². The van der Waals surface area contributed by atoms with E-state index in [0.29, 0.717) is 36.2 Å². The molecule has 6 nitrogen and oxygen atoms in total. The molecule has 0 unspecified atom stereocenters. The normalized spacial score (nSPS) is 13.4. The highest BCUT2D eigenvalue weighted by molar-refractivity contribution is 7.13. The van der Waals surface area contributed by atoms with Gasteiger partial charge >= 0.3 is 0 Å². The van der Waals surface area contributed by atoms with E-state index in [1.54, 1.807) is 19.6 Å². The number of amides is 1. The van der Waals surface area contributed by atoms with Gasteiger partial charge in [-0.1, -0.05) is 6.07 Å². The van der Waals surface area contributed by atoms with E-state index >= 15 is 0 Å². The van der Waals surface area contributed by atoms with Gasteiger partial charge in [-0.25, -0.2) is 4.98 Å². The van der Waals surface area contributed by atoms with Gasteiger partial charge in [0.2, 0.25) is 0 Å². The average molecular weight is 347 g/mol. The van der Waals surface area contributed by atoms with E-state index in [4.69, 9.17) is 9.47 Å². The summed E-state index contributed by atoms with van der Waals surface area (Å²) in [5.74, 6) is 1.25. The van der Waals surface area contributed by atoms with Gasteiger partial charge in [0, 0.05) is 18.0 Å². The monoisotopic (exact) mass is 347 g/mol. The molecule has 1 saturated carbocycles. The van der Waals surface area contributed by atoms with E-state index in [1.165, 1.54) is 24.2 Å². The standard InChI is InChI=1S/C17H21N3O3S/c1-22-14-6-3-11(9-15(14)23-2)7-8-18-16(21)13-10-24-17(20-13)19-12-4-5-12/h3,6,9-10,12H,4-5,7-8H2,1-2H3,(H,18,21)(H,19,20). The number of methoxy groups -OCH3 is 2. The number of carbonyl (C=O) groups excluding carboxylic acids is 1. The molecule has 24 heavy (non-hydrogen) atoms. The van der Waals surface area contributed by atoms with Crippen LogP contribution < -0.4 is 20.1 Å². The van der Waals surface area contributed by atoms with Crippen molar-refractivity contribution in [2.24, 2.45) is 0 Å². The number of nitrogens with one attached hydrogen (secondary N) is 2. The third-order valence-corrected chi connectivity index (χ3v) is 4.56. The Kier molecular flexibility index (Phi) is 5.20. The van der Waals surface area contributed by atoms with Crippen LogP contribution in [0.5, 0.6) is 11.5 Å². The van der Waals surface area contributed by atoms with Gasteiger partial charge in [-0.3, -0.25) is 4.79 Å².